The Balaban J connectivity index is 1.60. The molecule has 18 heavy (non-hydrogen) atoms. The smallest absolute Gasteiger partial charge is 0.164 e. The number of hydrogen-bond acceptors (Lipinski definition) is 3. The first kappa shape index (κ1) is 11.9. The fourth-order valence-electron chi connectivity index (χ4n) is 2.47. The molecule has 0 bridgehead atoms. The van der Waals surface area contributed by atoms with Crippen LogP contribution in [-0.2, 0) is 20.8 Å². The highest BCUT2D eigenvalue weighted by Gasteiger charge is 2.46. The van der Waals surface area contributed by atoms with Crippen LogP contribution in [0.1, 0.15) is 19.4 Å². The summed E-state index contributed by atoms with van der Waals surface area (Å²) in [4.78, 5) is 0. The summed E-state index contributed by atoms with van der Waals surface area (Å²) < 4.78 is 17.5. The Morgan fingerprint density at radius 1 is 1.11 bits per heavy atom. The lowest BCUT2D eigenvalue weighted by Gasteiger charge is -2.21. The van der Waals surface area contributed by atoms with Gasteiger partial charge in [-0.3, -0.25) is 0 Å². The maximum atomic E-state index is 5.90. The molecular formula is C15H18O3. The second-order valence-corrected chi connectivity index (χ2v) is 5.21. The highest BCUT2D eigenvalue weighted by Crippen LogP contribution is 2.35. The zero-order valence-electron chi connectivity index (χ0n) is 10.7. The van der Waals surface area contributed by atoms with Gasteiger partial charge in [0.2, 0.25) is 0 Å². The zero-order valence-corrected chi connectivity index (χ0v) is 10.7. The summed E-state index contributed by atoms with van der Waals surface area (Å²) in [6.07, 6.45) is 4.07. The van der Waals surface area contributed by atoms with E-state index in [4.69, 9.17) is 14.2 Å². The van der Waals surface area contributed by atoms with Crippen LogP contribution in [0.5, 0.6) is 0 Å². The third kappa shape index (κ3) is 2.34. The van der Waals surface area contributed by atoms with E-state index in [0.29, 0.717) is 6.61 Å². The average Bonchev–Trinajstić information content (AvgIpc) is 2.83. The highest BCUT2D eigenvalue weighted by molar-refractivity contribution is 5.16. The molecule has 0 spiro atoms. The van der Waals surface area contributed by atoms with Gasteiger partial charge in [0.15, 0.2) is 5.79 Å². The number of benzene rings is 1. The Hall–Kier alpha value is -1.16. The largest absolute Gasteiger partial charge is 0.367 e. The van der Waals surface area contributed by atoms with Crippen LogP contribution in [-0.4, -0.2) is 24.1 Å². The van der Waals surface area contributed by atoms with E-state index in [1.807, 2.05) is 44.2 Å². The second-order valence-electron chi connectivity index (χ2n) is 5.21. The molecule has 1 saturated heterocycles. The Morgan fingerprint density at radius 2 is 1.89 bits per heavy atom. The van der Waals surface area contributed by atoms with Gasteiger partial charge < -0.3 is 14.2 Å². The summed E-state index contributed by atoms with van der Waals surface area (Å²) in [7, 11) is 0. The Labute approximate surface area is 107 Å². The van der Waals surface area contributed by atoms with E-state index in [-0.39, 0.29) is 18.3 Å². The van der Waals surface area contributed by atoms with Crippen LogP contribution in [0.4, 0.5) is 0 Å². The normalized spacial score (nSPS) is 32.7. The molecule has 3 heteroatoms. The molecule has 0 aromatic heterocycles. The maximum Gasteiger partial charge on any atom is 0.164 e. The third-order valence-corrected chi connectivity index (χ3v) is 3.26. The van der Waals surface area contributed by atoms with Crippen LogP contribution in [0.2, 0.25) is 0 Å². The molecule has 1 aromatic rings. The van der Waals surface area contributed by atoms with Crippen molar-refractivity contribution in [3.8, 4) is 0 Å². The van der Waals surface area contributed by atoms with Gasteiger partial charge in [-0.15, -0.1) is 0 Å². The van der Waals surface area contributed by atoms with Gasteiger partial charge in [-0.25, -0.2) is 0 Å². The van der Waals surface area contributed by atoms with Crippen LogP contribution in [0.15, 0.2) is 42.5 Å². The van der Waals surface area contributed by atoms with E-state index in [0.717, 1.165) is 0 Å². The van der Waals surface area contributed by atoms with Crippen molar-refractivity contribution in [3.63, 3.8) is 0 Å². The van der Waals surface area contributed by atoms with Gasteiger partial charge in [0.05, 0.1) is 6.61 Å². The van der Waals surface area contributed by atoms with Crippen molar-refractivity contribution in [3.05, 3.63) is 48.0 Å². The third-order valence-electron chi connectivity index (χ3n) is 3.26. The lowest BCUT2D eigenvalue weighted by Crippen LogP contribution is -2.31. The van der Waals surface area contributed by atoms with Crippen molar-refractivity contribution in [2.45, 2.75) is 44.6 Å². The summed E-state index contributed by atoms with van der Waals surface area (Å²) >= 11 is 0. The lowest BCUT2D eigenvalue weighted by molar-refractivity contribution is -0.156. The number of rotatable bonds is 3. The molecule has 1 aliphatic heterocycles. The van der Waals surface area contributed by atoms with E-state index in [2.05, 4.69) is 12.1 Å². The first-order valence-corrected chi connectivity index (χ1v) is 6.33. The molecule has 96 valence electrons. The molecule has 0 radical (unpaired) electrons. The molecule has 0 amide bonds. The van der Waals surface area contributed by atoms with Gasteiger partial charge in [-0.1, -0.05) is 42.5 Å². The molecule has 1 aromatic carbocycles. The Bertz CT molecular complexity index is 438. The van der Waals surface area contributed by atoms with Crippen molar-refractivity contribution < 1.29 is 14.2 Å². The minimum absolute atomic E-state index is 0.0105. The molecule has 0 saturated carbocycles. The Kier molecular flexibility index (Phi) is 2.98. The minimum Gasteiger partial charge on any atom is -0.367 e. The van der Waals surface area contributed by atoms with Crippen LogP contribution in [0.3, 0.4) is 0 Å². The summed E-state index contributed by atoms with van der Waals surface area (Å²) in [6.45, 7) is 4.48. The first-order valence-electron chi connectivity index (χ1n) is 6.33. The van der Waals surface area contributed by atoms with Gasteiger partial charge in [0, 0.05) is 0 Å². The molecule has 0 N–H and O–H groups in total. The maximum absolute atomic E-state index is 5.90. The van der Waals surface area contributed by atoms with E-state index >= 15 is 0 Å². The van der Waals surface area contributed by atoms with Crippen molar-refractivity contribution >= 4 is 0 Å². The topological polar surface area (TPSA) is 27.7 Å². The number of hydrogen-bond donors (Lipinski definition) is 0. The minimum atomic E-state index is -0.506. The predicted octanol–water partition coefficient (Wildman–Crippen LogP) is 2.66. The first-order chi connectivity index (χ1) is 8.64. The number of fused-ring (bicyclic) bond motifs is 1. The van der Waals surface area contributed by atoms with Crippen LogP contribution in [0, 0.1) is 0 Å². The predicted molar refractivity (Wildman–Crippen MR) is 68.0 cm³/mol. The zero-order chi connectivity index (χ0) is 12.6. The molecule has 3 rings (SSSR count). The van der Waals surface area contributed by atoms with Crippen LogP contribution in [0.25, 0.3) is 0 Å². The monoisotopic (exact) mass is 246 g/mol. The van der Waals surface area contributed by atoms with E-state index < -0.39 is 5.79 Å². The SMILES string of the molecule is CC1(C)OC2C=CC(OCc3ccccc3)C2O1. The number of ether oxygens (including phenoxy) is 3. The molecule has 1 heterocycles. The Morgan fingerprint density at radius 3 is 2.67 bits per heavy atom. The van der Waals surface area contributed by atoms with E-state index in [9.17, 15) is 0 Å². The molecular weight excluding hydrogens is 228 g/mol. The van der Waals surface area contributed by atoms with E-state index in [1.54, 1.807) is 0 Å². The second kappa shape index (κ2) is 4.50. The molecule has 3 nitrogen and oxygen atoms in total. The van der Waals surface area contributed by atoms with Crippen molar-refractivity contribution in [1.29, 1.82) is 0 Å². The van der Waals surface area contributed by atoms with Crippen LogP contribution >= 0.6 is 0 Å². The summed E-state index contributed by atoms with van der Waals surface area (Å²) in [5.74, 6) is -0.506. The van der Waals surface area contributed by atoms with Crippen molar-refractivity contribution in [2.75, 3.05) is 0 Å². The van der Waals surface area contributed by atoms with Gasteiger partial charge >= 0.3 is 0 Å². The van der Waals surface area contributed by atoms with Crippen molar-refractivity contribution in [1.82, 2.24) is 0 Å². The van der Waals surface area contributed by atoms with Gasteiger partial charge in [0.25, 0.3) is 0 Å². The van der Waals surface area contributed by atoms with Crippen LogP contribution < -0.4 is 0 Å². The molecule has 1 fully saturated rings. The molecule has 3 atom stereocenters. The lowest BCUT2D eigenvalue weighted by atomic mass is 10.2. The quantitative estimate of drug-likeness (QED) is 0.767. The summed E-state index contributed by atoms with van der Waals surface area (Å²) in [5.41, 5.74) is 1.17. The van der Waals surface area contributed by atoms with Crippen molar-refractivity contribution in [2.24, 2.45) is 0 Å². The van der Waals surface area contributed by atoms with E-state index in [1.165, 1.54) is 5.56 Å². The molecule has 2 aliphatic rings. The van der Waals surface area contributed by atoms with Gasteiger partial charge in [-0.05, 0) is 19.4 Å². The summed E-state index contributed by atoms with van der Waals surface area (Å²) in [5, 5.41) is 0. The fourth-order valence-corrected chi connectivity index (χ4v) is 2.47. The standard InChI is InChI=1S/C15H18O3/c1-15(2)17-13-9-8-12(14(13)18-15)16-10-11-6-4-3-5-7-11/h3-9,12-14H,10H2,1-2H3. The van der Waals surface area contributed by atoms with Gasteiger partial charge in [0.1, 0.15) is 18.3 Å². The average molecular weight is 246 g/mol. The highest BCUT2D eigenvalue weighted by atomic mass is 16.8. The summed E-state index contributed by atoms with van der Waals surface area (Å²) in [6, 6.07) is 10.2. The molecule has 3 unspecified atom stereocenters. The fraction of sp³-hybridized carbons (Fsp3) is 0.467. The molecule has 1 aliphatic carbocycles. The van der Waals surface area contributed by atoms with Gasteiger partial charge in [-0.2, -0.15) is 0 Å².